The Hall–Kier alpha value is -2.16. The number of aliphatic hydroxyl groups excluding tert-OH is 1. The summed E-state index contributed by atoms with van der Waals surface area (Å²) in [5, 5.41) is 11.3. The van der Waals surface area contributed by atoms with E-state index in [-0.39, 0.29) is 17.6 Å². The molecule has 25 heavy (non-hydrogen) atoms. The molecule has 0 amide bonds. The van der Waals surface area contributed by atoms with Crippen LogP contribution in [0.2, 0.25) is 0 Å². The van der Waals surface area contributed by atoms with Crippen molar-refractivity contribution in [2.45, 2.75) is 31.0 Å². The lowest BCUT2D eigenvalue weighted by atomic mass is 10.1. The highest BCUT2D eigenvalue weighted by atomic mass is 32.2. The van der Waals surface area contributed by atoms with Gasteiger partial charge in [-0.3, -0.25) is 0 Å². The highest BCUT2D eigenvalue weighted by Gasteiger charge is 2.20. The van der Waals surface area contributed by atoms with Crippen LogP contribution in [0.4, 0.5) is 0 Å². The number of sulfonamides is 1. The summed E-state index contributed by atoms with van der Waals surface area (Å²) < 4.78 is 30.8. The molecule has 134 valence electrons. The lowest BCUT2D eigenvalue weighted by Crippen LogP contribution is -2.28. The minimum absolute atomic E-state index is 0.0492. The average Bonchev–Trinajstić information content (AvgIpc) is 3.20. The lowest BCUT2D eigenvalue weighted by molar-refractivity contribution is 0.182. The van der Waals surface area contributed by atoms with Gasteiger partial charge in [-0.05, 0) is 43.0 Å². The van der Waals surface area contributed by atoms with E-state index in [0.29, 0.717) is 5.56 Å². The van der Waals surface area contributed by atoms with Gasteiger partial charge in [-0.1, -0.05) is 6.07 Å². The number of hydrogen-bond acceptors (Lipinski definition) is 4. The Morgan fingerprint density at radius 1 is 1.28 bits per heavy atom. The van der Waals surface area contributed by atoms with Crippen LogP contribution in [0, 0.1) is 0 Å². The third-order valence-corrected chi connectivity index (χ3v) is 5.52. The molecule has 0 unspecified atom stereocenters. The standard InChI is InChI=1S/C17H22N4O3S/c1-12(2)21-10-17(18-11-21)25(23,24)19-9-16(22)14-4-5-15-13(8-14)6-7-20(15)3/h4-8,10-12,16,19,22H,9H2,1-3H3/t16-/m0/s1. The summed E-state index contributed by atoms with van der Waals surface area (Å²) in [6.07, 6.45) is 3.97. The van der Waals surface area contributed by atoms with Crippen molar-refractivity contribution in [2.75, 3.05) is 6.54 Å². The van der Waals surface area contributed by atoms with Gasteiger partial charge in [0.2, 0.25) is 0 Å². The highest BCUT2D eigenvalue weighted by Crippen LogP contribution is 2.21. The van der Waals surface area contributed by atoms with E-state index >= 15 is 0 Å². The normalized spacial score (nSPS) is 13.6. The maximum atomic E-state index is 12.3. The first-order valence-electron chi connectivity index (χ1n) is 8.04. The number of benzene rings is 1. The quantitative estimate of drug-likeness (QED) is 0.702. The first kappa shape index (κ1) is 17.7. The number of imidazole rings is 1. The van der Waals surface area contributed by atoms with Gasteiger partial charge in [0, 0.05) is 37.5 Å². The minimum Gasteiger partial charge on any atom is -0.387 e. The summed E-state index contributed by atoms with van der Waals surface area (Å²) in [6.45, 7) is 3.76. The van der Waals surface area contributed by atoms with Crippen molar-refractivity contribution in [3.8, 4) is 0 Å². The molecule has 0 aliphatic carbocycles. The fraction of sp³-hybridized carbons (Fsp3) is 0.353. The Kier molecular flexibility index (Phi) is 4.68. The summed E-state index contributed by atoms with van der Waals surface area (Å²) in [5.74, 6) is 0. The van der Waals surface area contributed by atoms with Gasteiger partial charge >= 0.3 is 0 Å². The second kappa shape index (κ2) is 6.62. The smallest absolute Gasteiger partial charge is 0.259 e. The van der Waals surface area contributed by atoms with Crippen LogP contribution in [0.1, 0.15) is 31.6 Å². The topological polar surface area (TPSA) is 89.2 Å². The molecule has 3 rings (SSSR count). The molecule has 8 heteroatoms. The van der Waals surface area contributed by atoms with Crippen molar-refractivity contribution in [3.63, 3.8) is 0 Å². The van der Waals surface area contributed by atoms with Gasteiger partial charge in [-0.15, -0.1) is 0 Å². The Morgan fingerprint density at radius 3 is 2.72 bits per heavy atom. The molecule has 0 aliphatic heterocycles. The molecule has 2 aromatic heterocycles. The highest BCUT2D eigenvalue weighted by molar-refractivity contribution is 7.89. The van der Waals surface area contributed by atoms with E-state index < -0.39 is 16.1 Å². The van der Waals surface area contributed by atoms with Crippen LogP contribution in [0.5, 0.6) is 0 Å². The van der Waals surface area contributed by atoms with Crippen molar-refractivity contribution in [1.82, 2.24) is 18.8 Å². The number of nitrogens with one attached hydrogen (secondary N) is 1. The zero-order valence-corrected chi connectivity index (χ0v) is 15.2. The Balaban J connectivity index is 1.72. The molecule has 0 aliphatic rings. The summed E-state index contributed by atoms with van der Waals surface area (Å²) in [5.41, 5.74) is 1.71. The zero-order valence-electron chi connectivity index (χ0n) is 14.4. The Labute approximate surface area is 147 Å². The third-order valence-electron chi connectivity index (χ3n) is 4.21. The van der Waals surface area contributed by atoms with E-state index in [4.69, 9.17) is 0 Å². The largest absolute Gasteiger partial charge is 0.387 e. The van der Waals surface area contributed by atoms with Crippen LogP contribution < -0.4 is 4.72 Å². The van der Waals surface area contributed by atoms with E-state index in [1.54, 1.807) is 10.6 Å². The Morgan fingerprint density at radius 2 is 2.04 bits per heavy atom. The third kappa shape index (κ3) is 3.60. The van der Waals surface area contributed by atoms with Crippen LogP contribution in [-0.2, 0) is 17.1 Å². The van der Waals surface area contributed by atoms with Crippen molar-refractivity contribution in [2.24, 2.45) is 7.05 Å². The monoisotopic (exact) mass is 362 g/mol. The molecule has 0 fully saturated rings. The molecular weight excluding hydrogens is 340 g/mol. The number of aliphatic hydroxyl groups is 1. The SMILES string of the molecule is CC(C)n1cnc(S(=O)(=O)NC[C@H](O)c2ccc3c(ccn3C)c2)c1. The molecule has 1 aromatic carbocycles. The Bertz CT molecular complexity index is 988. The number of nitrogens with zero attached hydrogens (tertiary/aromatic N) is 3. The summed E-state index contributed by atoms with van der Waals surface area (Å²) in [7, 11) is -1.81. The van der Waals surface area contributed by atoms with Crippen LogP contribution in [0.15, 0.2) is 48.0 Å². The lowest BCUT2D eigenvalue weighted by Gasteiger charge is -2.12. The van der Waals surface area contributed by atoms with Crippen molar-refractivity contribution < 1.29 is 13.5 Å². The molecule has 0 radical (unpaired) electrons. The fourth-order valence-corrected chi connectivity index (χ4v) is 3.60. The number of aryl methyl sites for hydroxylation is 1. The average molecular weight is 362 g/mol. The second-order valence-corrected chi connectivity index (χ2v) is 8.08. The molecule has 0 saturated carbocycles. The van der Waals surface area contributed by atoms with Gasteiger partial charge in [-0.2, -0.15) is 0 Å². The van der Waals surface area contributed by atoms with Gasteiger partial charge < -0.3 is 14.2 Å². The second-order valence-electron chi connectivity index (χ2n) is 6.37. The van der Waals surface area contributed by atoms with Crippen molar-refractivity contribution >= 4 is 20.9 Å². The van der Waals surface area contributed by atoms with E-state index in [2.05, 4.69) is 9.71 Å². The predicted molar refractivity (Wildman–Crippen MR) is 95.7 cm³/mol. The number of rotatable bonds is 6. The summed E-state index contributed by atoms with van der Waals surface area (Å²) in [4.78, 5) is 3.93. The first-order valence-corrected chi connectivity index (χ1v) is 9.52. The zero-order chi connectivity index (χ0) is 18.2. The molecular formula is C17H22N4O3S. The van der Waals surface area contributed by atoms with E-state index in [9.17, 15) is 13.5 Å². The molecule has 3 aromatic rings. The first-order chi connectivity index (χ1) is 11.8. The van der Waals surface area contributed by atoms with Crippen molar-refractivity contribution in [1.29, 1.82) is 0 Å². The molecule has 2 N–H and O–H groups in total. The predicted octanol–water partition coefficient (Wildman–Crippen LogP) is 1.97. The maximum Gasteiger partial charge on any atom is 0.259 e. The maximum absolute atomic E-state index is 12.3. The van der Waals surface area contributed by atoms with Crippen LogP contribution in [-0.4, -0.2) is 34.2 Å². The van der Waals surface area contributed by atoms with Crippen LogP contribution >= 0.6 is 0 Å². The van der Waals surface area contributed by atoms with Gasteiger partial charge in [0.15, 0.2) is 5.03 Å². The molecule has 1 atom stereocenters. The number of aromatic nitrogens is 3. The fourth-order valence-electron chi connectivity index (χ4n) is 2.63. The van der Waals surface area contributed by atoms with Gasteiger partial charge in [0.1, 0.15) is 0 Å². The number of hydrogen-bond donors (Lipinski definition) is 2. The molecule has 2 heterocycles. The number of fused-ring (bicyclic) bond motifs is 1. The van der Waals surface area contributed by atoms with Crippen LogP contribution in [0.25, 0.3) is 10.9 Å². The summed E-state index contributed by atoms with van der Waals surface area (Å²) in [6, 6.07) is 7.65. The summed E-state index contributed by atoms with van der Waals surface area (Å²) >= 11 is 0. The van der Waals surface area contributed by atoms with Gasteiger partial charge in [0.05, 0.1) is 12.4 Å². The molecule has 7 nitrogen and oxygen atoms in total. The van der Waals surface area contributed by atoms with Crippen LogP contribution in [0.3, 0.4) is 0 Å². The van der Waals surface area contributed by atoms with Crippen molar-refractivity contribution in [3.05, 3.63) is 48.5 Å². The van der Waals surface area contributed by atoms with E-state index in [1.807, 2.05) is 49.9 Å². The van der Waals surface area contributed by atoms with E-state index in [1.165, 1.54) is 12.5 Å². The molecule has 0 bridgehead atoms. The van der Waals surface area contributed by atoms with E-state index in [0.717, 1.165) is 10.9 Å². The molecule has 0 spiro atoms. The minimum atomic E-state index is -3.76. The van der Waals surface area contributed by atoms with Gasteiger partial charge in [-0.25, -0.2) is 18.1 Å². The van der Waals surface area contributed by atoms with Gasteiger partial charge in [0.25, 0.3) is 10.0 Å². The molecule has 0 saturated heterocycles.